The van der Waals surface area contributed by atoms with Crippen LogP contribution in [-0.2, 0) is 0 Å². The summed E-state index contributed by atoms with van der Waals surface area (Å²) in [5.41, 5.74) is 0.251. The zero-order valence-electron chi connectivity index (χ0n) is 8.66. The average molecular weight is 194 g/mol. The first-order chi connectivity index (χ1) is 6.48. The first kappa shape index (κ1) is 9.18. The van der Waals surface area contributed by atoms with Crippen LogP contribution in [0, 0.1) is 12.3 Å². The topological polar surface area (TPSA) is 61.9 Å². The second-order valence-electron chi connectivity index (χ2n) is 4.57. The normalized spacial score (nSPS) is 19.2. The molecule has 1 aliphatic rings. The standard InChI is InChI=1S/C9H14N4O/c1-6-10-7(12-11-6)8(14)13-4-9(2,3)5-13/h4-5H2,1-3H3,(H,10,11,12). The van der Waals surface area contributed by atoms with Gasteiger partial charge in [-0.25, -0.2) is 4.98 Å². The maximum Gasteiger partial charge on any atom is 0.293 e. The van der Waals surface area contributed by atoms with Crippen molar-refractivity contribution in [2.45, 2.75) is 20.8 Å². The number of likely N-dealkylation sites (tertiary alicyclic amines) is 1. The van der Waals surface area contributed by atoms with E-state index in [-0.39, 0.29) is 17.1 Å². The van der Waals surface area contributed by atoms with Crippen LogP contribution in [0.1, 0.15) is 30.3 Å². The van der Waals surface area contributed by atoms with Crippen LogP contribution in [0.2, 0.25) is 0 Å². The van der Waals surface area contributed by atoms with Crippen LogP contribution in [0.4, 0.5) is 0 Å². The van der Waals surface area contributed by atoms with Crippen molar-refractivity contribution in [2.75, 3.05) is 13.1 Å². The van der Waals surface area contributed by atoms with Gasteiger partial charge in [0.15, 0.2) is 0 Å². The Hall–Kier alpha value is -1.39. The summed E-state index contributed by atoms with van der Waals surface area (Å²) in [4.78, 5) is 17.5. The maximum atomic E-state index is 11.7. The molecule has 1 fully saturated rings. The molecular formula is C9H14N4O. The van der Waals surface area contributed by atoms with E-state index in [0.29, 0.717) is 5.82 Å². The number of aryl methyl sites for hydroxylation is 1. The van der Waals surface area contributed by atoms with E-state index in [0.717, 1.165) is 13.1 Å². The van der Waals surface area contributed by atoms with Crippen molar-refractivity contribution in [1.29, 1.82) is 0 Å². The van der Waals surface area contributed by atoms with E-state index in [1.165, 1.54) is 0 Å². The Morgan fingerprint density at radius 3 is 2.57 bits per heavy atom. The molecule has 0 bridgehead atoms. The molecule has 2 rings (SSSR count). The first-order valence-electron chi connectivity index (χ1n) is 4.66. The Bertz CT molecular complexity index is 361. The largest absolute Gasteiger partial charge is 0.335 e. The number of rotatable bonds is 1. The lowest BCUT2D eigenvalue weighted by Gasteiger charge is -2.45. The van der Waals surface area contributed by atoms with Gasteiger partial charge in [-0.1, -0.05) is 13.8 Å². The van der Waals surface area contributed by atoms with E-state index < -0.39 is 0 Å². The smallest absolute Gasteiger partial charge is 0.293 e. The molecule has 0 aliphatic carbocycles. The average Bonchev–Trinajstić information content (AvgIpc) is 2.46. The number of amides is 1. The fraction of sp³-hybridized carbons (Fsp3) is 0.667. The molecular weight excluding hydrogens is 180 g/mol. The number of aromatic nitrogens is 3. The highest BCUT2D eigenvalue weighted by Gasteiger charge is 2.38. The maximum absolute atomic E-state index is 11.7. The Labute approximate surface area is 82.5 Å². The van der Waals surface area contributed by atoms with Gasteiger partial charge in [0.2, 0.25) is 5.82 Å². The van der Waals surface area contributed by atoms with Crippen molar-refractivity contribution in [1.82, 2.24) is 20.1 Å². The van der Waals surface area contributed by atoms with Crippen molar-refractivity contribution in [3.63, 3.8) is 0 Å². The molecule has 0 saturated carbocycles. The lowest BCUT2D eigenvalue weighted by molar-refractivity contribution is 0.0225. The minimum atomic E-state index is -0.0753. The second kappa shape index (κ2) is 2.80. The molecule has 76 valence electrons. The van der Waals surface area contributed by atoms with E-state index in [4.69, 9.17) is 0 Å². The highest BCUT2D eigenvalue weighted by Crippen LogP contribution is 2.29. The summed E-state index contributed by atoms with van der Waals surface area (Å²) >= 11 is 0. The fourth-order valence-electron chi connectivity index (χ4n) is 1.71. The number of H-pyrrole nitrogens is 1. The number of aromatic amines is 1. The molecule has 1 aliphatic heterocycles. The Morgan fingerprint density at radius 1 is 1.50 bits per heavy atom. The molecule has 0 radical (unpaired) electrons. The highest BCUT2D eigenvalue weighted by atomic mass is 16.2. The Balaban J connectivity index is 2.04. The van der Waals surface area contributed by atoms with Crippen LogP contribution in [0.5, 0.6) is 0 Å². The zero-order chi connectivity index (χ0) is 10.3. The predicted molar refractivity (Wildman–Crippen MR) is 50.8 cm³/mol. The Morgan fingerprint density at radius 2 is 2.14 bits per heavy atom. The van der Waals surface area contributed by atoms with E-state index in [1.54, 1.807) is 11.8 Å². The number of nitrogens with one attached hydrogen (secondary N) is 1. The monoisotopic (exact) mass is 194 g/mol. The summed E-state index contributed by atoms with van der Waals surface area (Å²) in [6.45, 7) is 7.64. The third-order valence-electron chi connectivity index (χ3n) is 2.31. The third kappa shape index (κ3) is 1.49. The summed E-state index contributed by atoms with van der Waals surface area (Å²) in [5, 5.41) is 6.50. The Kier molecular flexibility index (Phi) is 1.83. The fourth-order valence-corrected chi connectivity index (χ4v) is 1.71. The van der Waals surface area contributed by atoms with Gasteiger partial charge in [0, 0.05) is 13.1 Å². The van der Waals surface area contributed by atoms with E-state index in [9.17, 15) is 4.79 Å². The van der Waals surface area contributed by atoms with Crippen LogP contribution in [-0.4, -0.2) is 39.1 Å². The SMILES string of the molecule is Cc1nc(C(=O)N2CC(C)(C)C2)n[nH]1. The molecule has 0 aromatic carbocycles. The molecule has 0 spiro atoms. The lowest BCUT2D eigenvalue weighted by atomic mass is 9.84. The van der Waals surface area contributed by atoms with Gasteiger partial charge in [0.1, 0.15) is 5.82 Å². The molecule has 0 unspecified atom stereocenters. The van der Waals surface area contributed by atoms with Gasteiger partial charge in [-0.2, -0.15) is 0 Å². The van der Waals surface area contributed by atoms with Crippen LogP contribution in [0.15, 0.2) is 0 Å². The van der Waals surface area contributed by atoms with E-state index in [2.05, 4.69) is 29.0 Å². The van der Waals surface area contributed by atoms with Gasteiger partial charge < -0.3 is 4.90 Å². The summed E-state index contributed by atoms with van der Waals surface area (Å²) in [7, 11) is 0. The van der Waals surface area contributed by atoms with Crippen LogP contribution in [0.25, 0.3) is 0 Å². The van der Waals surface area contributed by atoms with Crippen molar-refractivity contribution in [2.24, 2.45) is 5.41 Å². The molecule has 5 nitrogen and oxygen atoms in total. The predicted octanol–water partition coefficient (Wildman–Crippen LogP) is 0.595. The number of hydrogen-bond acceptors (Lipinski definition) is 3. The molecule has 0 atom stereocenters. The third-order valence-corrected chi connectivity index (χ3v) is 2.31. The minimum Gasteiger partial charge on any atom is -0.335 e. The second-order valence-corrected chi connectivity index (χ2v) is 4.57. The van der Waals surface area contributed by atoms with Crippen molar-refractivity contribution in [3.8, 4) is 0 Å². The number of hydrogen-bond donors (Lipinski definition) is 1. The quantitative estimate of drug-likeness (QED) is 0.712. The summed E-state index contributed by atoms with van der Waals surface area (Å²) < 4.78 is 0. The minimum absolute atomic E-state index is 0.0753. The van der Waals surface area contributed by atoms with Crippen LogP contribution in [0.3, 0.4) is 0 Å². The molecule has 1 N–H and O–H groups in total. The molecule has 2 heterocycles. The van der Waals surface area contributed by atoms with Crippen molar-refractivity contribution >= 4 is 5.91 Å². The molecule has 5 heteroatoms. The summed E-state index contributed by atoms with van der Waals surface area (Å²) in [6, 6.07) is 0. The summed E-state index contributed by atoms with van der Waals surface area (Å²) in [5.74, 6) is 0.875. The van der Waals surface area contributed by atoms with Gasteiger partial charge in [-0.05, 0) is 12.3 Å². The highest BCUT2D eigenvalue weighted by molar-refractivity contribution is 5.91. The first-order valence-corrected chi connectivity index (χ1v) is 4.66. The van der Waals surface area contributed by atoms with Gasteiger partial charge in [-0.3, -0.25) is 9.89 Å². The molecule has 1 saturated heterocycles. The number of carbonyl (C=O) groups is 1. The summed E-state index contributed by atoms with van der Waals surface area (Å²) in [6.07, 6.45) is 0. The molecule has 14 heavy (non-hydrogen) atoms. The molecule has 1 aromatic heterocycles. The number of carbonyl (C=O) groups excluding carboxylic acids is 1. The van der Waals surface area contributed by atoms with Crippen molar-refractivity contribution in [3.05, 3.63) is 11.6 Å². The lowest BCUT2D eigenvalue weighted by Crippen LogP contribution is -2.55. The zero-order valence-corrected chi connectivity index (χ0v) is 8.66. The molecule has 1 aromatic rings. The van der Waals surface area contributed by atoms with Crippen LogP contribution >= 0.6 is 0 Å². The van der Waals surface area contributed by atoms with E-state index in [1.807, 2.05) is 0 Å². The molecule has 1 amide bonds. The van der Waals surface area contributed by atoms with Crippen molar-refractivity contribution < 1.29 is 4.79 Å². The van der Waals surface area contributed by atoms with Gasteiger partial charge in [-0.15, -0.1) is 5.10 Å². The van der Waals surface area contributed by atoms with Gasteiger partial charge in [0.05, 0.1) is 0 Å². The van der Waals surface area contributed by atoms with Gasteiger partial charge in [0.25, 0.3) is 5.91 Å². The van der Waals surface area contributed by atoms with Gasteiger partial charge >= 0.3 is 0 Å². The van der Waals surface area contributed by atoms with E-state index >= 15 is 0 Å². The van der Waals surface area contributed by atoms with Crippen LogP contribution < -0.4 is 0 Å². The number of nitrogens with zero attached hydrogens (tertiary/aromatic N) is 3.